The Kier molecular flexibility index (Phi) is 5.53. The van der Waals surface area contributed by atoms with E-state index in [0.29, 0.717) is 6.04 Å². The van der Waals surface area contributed by atoms with Gasteiger partial charge in [0.2, 0.25) is 0 Å². The van der Waals surface area contributed by atoms with Gasteiger partial charge in [-0.3, -0.25) is 0 Å². The molecule has 1 N–H and O–H groups in total. The molecule has 1 saturated carbocycles. The Labute approximate surface area is 122 Å². The van der Waals surface area contributed by atoms with Crippen LogP contribution in [0.3, 0.4) is 0 Å². The summed E-state index contributed by atoms with van der Waals surface area (Å²) in [7, 11) is 1.95. The molecule has 0 aromatic heterocycles. The van der Waals surface area contributed by atoms with Gasteiger partial charge in [-0.25, -0.2) is 0 Å². The molecule has 1 aliphatic rings. The van der Waals surface area contributed by atoms with Crippen molar-refractivity contribution >= 4 is 17.3 Å². The molecule has 0 unspecified atom stereocenters. The average molecular weight is 281 g/mol. The van der Waals surface area contributed by atoms with Crippen LogP contribution in [-0.2, 0) is 6.54 Å². The molecule has 2 nitrogen and oxygen atoms in total. The lowest BCUT2D eigenvalue weighted by Gasteiger charge is -2.35. The first-order chi connectivity index (χ1) is 9.26. The molecule has 0 radical (unpaired) electrons. The second kappa shape index (κ2) is 7.16. The van der Waals surface area contributed by atoms with Gasteiger partial charge >= 0.3 is 0 Å². The number of nitrogens with one attached hydrogen (secondary N) is 1. The quantitative estimate of drug-likeness (QED) is 0.869. The Balaban J connectivity index is 2.15. The lowest BCUT2D eigenvalue weighted by Crippen LogP contribution is -2.36. The van der Waals surface area contributed by atoms with E-state index < -0.39 is 0 Å². The number of nitrogens with zero attached hydrogens (tertiary/aromatic N) is 1. The van der Waals surface area contributed by atoms with Crippen molar-refractivity contribution in [2.45, 2.75) is 51.6 Å². The molecule has 0 atom stereocenters. The van der Waals surface area contributed by atoms with Crippen molar-refractivity contribution in [3.05, 3.63) is 28.8 Å². The van der Waals surface area contributed by atoms with Crippen LogP contribution in [0.1, 0.15) is 44.6 Å². The molecule has 0 heterocycles. The van der Waals surface area contributed by atoms with Crippen LogP contribution in [-0.4, -0.2) is 19.6 Å². The zero-order chi connectivity index (χ0) is 13.7. The fourth-order valence-corrected chi connectivity index (χ4v) is 3.33. The number of hydrogen-bond donors (Lipinski definition) is 1. The lowest BCUT2D eigenvalue weighted by atomic mass is 9.93. The summed E-state index contributed by atoms with van der Waals surface area (Å²) in [4.78, 5) is 2.52. The third-order valence-electron chi connectivity index (χ3n) is 4.09. The van der Waals surface area contributed by atoms with E-state index in [1.807, 2.05) is 7.05 Å². The number of benzene rings is 1. The van der Waals surface area contributed by atoms with E-state index in [1.54, 1.807) is 0 Å². The molecule has 3 heteroatoms. The van der Waals surface area contributed by atoms with Crippen LogP contribution in [0.5, 0.6) is 0 Å². The van der Waals surface area contributed by atoms with Gasteiger partial charge < -0.3 is 10.2 Å². The van der Waals surface area contributed by atoms with E-state index in [-0.39, 0.29) is 0 Å². The Morgan fingerprint density at radius 1 is 1.26 bits per heavy atom. The zero-order valence-corrected chi connectivity index (χ0v) is 12.8. The molecule has 2 rings (SSSR count). The van der Waals surface area contributed by atoms with Crippen LogP contribution in [0, 0.1) is 0 Å². The summed E-state index contributed by atoms with van der Waals surface area (Å²) in [5.74, 6) is 0. The minimum absolute atomic E-state index is 0.699. The van der Waals surface area contributed by atoms with Gasteiger partial charge in [0.15, 0.2) is 0 Å². The van der Waals surface area contributed by atoms with Crippen molar-refractivity contribution in [2.75, 3.05) is 18.5 Å². The molecular formula is C16H25ClN2. The first-order valence-corrected chi connectivity index (χ1v) is 7.83. The highest BCUT2D eigenvalue weighted by molar-refractivity contribution is 6.31. The Bertz CT molecular complexity index is 400. The van der Waals surface area contributed by atoms with Gasteiger partial charge in [0.1, 0.15) is 0 Å². The smallest absolute Gasteiger partial charge is 0.0471 e. The summed E-state index contributed by atoms with van der Waals surface area (Å²) in [6.45, 7) is 4.13. The monoisotopic (exact) mass is 280 g/mol. The van der Waals surface area contributed by atoms with Crippen molar-refractivity contribution in [1.29, 1.82) is 0 Å². The van der Waals surface area contributed by atoms with Crippen LogP contribution in [0.25, 0.3) is 0 Å². The van der Waals surface area contributed by atoms with Gasteiger partial charge in [0.05, 0.1) is 0 Å². The number of halogens is 1. The fourth-order valence-electron chi connectivity index (χ4n) is 3.09. The molecule has 1 aliphatic carbocycles. The van der Waals surface area contributed by atoms with Crippen LogP contribution in [0.2, 0.25) is 5.02 Å². The Morgan fingerprint density at radius 3 is 2.58 bits per heavy atom. The largest absolute Gasteiger partial charge is 0.369 e. The van der Waals surface area contributed by atoms with Gasteiger partial charge in [-0.05, 0) is 44.5 Å². The van der Waals surface area contributed by atoms with Gasteiger partial charge in [-0.1, -0.05) is 36.9 Å². The maximum absolute atomic E-state index is 6.38. The van der Waals surface area contributed by atoms with E-state index >= 15 is 0 Å². The highest BCUT2D eigenvalue weighted by Gasteiger charge is 2.20. The maximum Gasteiger partial charge on any atom is 0.0471 e. The van der Waals surface area contributed by atoms with E-state index in [0.717, 1.165) is 18.1 Å². The summed E-state index contributed by atoms with van der Waals surface area (Å²) >= 11 is 6.38. The SMILES string of the molecule is CCN(c1ccc(CNC)c(Cl)c1)C1CCCCC1. The minimum atomic E-state index is 0.699. The lowest BCUT2D eigenvalue weighted by molar-refractivity contribution is 0.418. The molecule has 0 amide bonds. The molecular weight excluding hydrogens is 256 g/mol. The molecule has 0 spiro atoms. The van der Waals surface area contributed by atoms with Gasteiger partial charge in [0, 0.05) is 29.8 Å². The number of hydrogen-bond acceptors (Lipinski definition) is 2. The first-order valence-electron chi connectivity index (χ1n) is 7.46. The summed E-state index contributed by atoms with van der Waals surface area (Å²) in [5, 5.41) is 4.03. The van der Waals surface area contributed by atoms with Gasteiger partial charge in [-0.15, -0.1) is 0 Å². The van der Waals surface area contributed by atoms with Crippen molar-refractivity contribution in [1.82, 2.24) is 5.32 Å². The van der Waals surface area contributed by atoms with Crippen molar-refractivity contribution < 1.29 is 0 Å². The highest BCUT2D eigenvalue weighted by atomic mass is 35.5. The van der Waals surface area contributed by atoms with Crippen molar-refractivity contribution in [2.24, 2.45) is 0 Å². The molecule has 1 aromatic rings. The predicted octanol–water partition coefficient (Wildman–Crippen LogP) is 4.22. The topological polar surface area (TPSA) is 15.3 Å². The first kappa shape index (κ1) is 14.7. The predicted molar refractivity (Wildman–Crippen MR) is 84.1 cm³/mol. The summed E-state index contributed by atoms with van der Waals surface area (Å²) in [6.07, 6.45) is 6.78. The summed E-state index contributed by atoms with van der Waals surface area (Å²) < 4.78 is 0. The average Bonchev–Trinajstić information content (AvgIpc) is 2.44. The van der Waals surface area contributed by atoms with E-state index in [1.165, 1.54) is 43.4 Å². The molecule has 0 bridgehead atoms. The maximum atomic E-state index is 6.38. The fraction of sp³-hybridized carbons (Fsp3) is 0.625. The van der Waals surface area contributed by atoms with Crippen molar-refractivity contribution in [3.8, 4) is 0 Å². The molecule has 19 heavy (non-hydrogen) atoms. The van der Waals surface area contributed by atoms with Crippen LogP contribution in [0.15, 0.2) is 18.2 Å². The highest BCUT2D eigenvalue weighted by Crippen LogP contribution is 2.30. The standard InChI is InChI=1S/C16H25ClN2/c1-3-19(14-7-5-4-6-8-14)15-10-9-13(12-18-2)16(17)11-15/h9-11,14,18H,3-8,12H2,1-2H3. The Morgan fingerprint density at radius 2 is 2.00 bits per heavy atom. The summed E-state index contributed by atoms with van der Waals surface area (Å²) in [6, 6.07) is 7.20. The van der Waals surface area contributed by atoms with Crippen LogP contribution >= 0.6 is 11.6 Å². The van der Waals surface area contributed by atoms with E-state index in [9.17, 15) is 0 Å². The minimum Gasteiger partial charge on any atom is -0.369 e. The normalized spacial score (nSPS) is 16.6. The van der Waals surface area contributed by atoms with Gasteiger partial charge in [0.25, 0.3) is 0 Å². The molecule has 1 aromatic carbocycles. The van der Waals surface area contributed by atoms with E-state index in [4.69, 9.17) is 11.6 Å². The third kappa shape index (κ3) is 3.64. The number of anilines is 1. The number of rotatable bonds is 5. The molecule has 1 fully saturated rings. The summed E-state index contributed by atoms with van der Waals surface area (Å²) in [5.41, 5.74) is 2.45. The van der Waals surface area contributed by atoms with Crippen molar-refractivity contribution in [3.63, 3.8) is 0 Å². The Hall–Kier alpha value is -0.730. The molecule has 106 valence electrons. The molecule has 0 saturated heterocycles. The van der Waals surface area contributed by atoms with E-state index in [2.05, 4.69) is 35.3 Å². The molecule has 0 aliphatic heterocycles. The zero-order valence-electron chi connectivity index (χ0n) is 12.1. The van der Waals surface area contributed by atoms with Gasteiger partial charge in [-0.2, -0.15) is 0 Å². The van der Waals surface area contributed by atoms with Crippen LogP contribution < -0.4 is 10.2 Å². The second-order valence-corrected chi connectivity index (χ2v) is 5.79. The van der Waals surface area contributed by atoms with Crippen LogP contribution in [0.4, 0.5) is 5.69 Å². The third-order valence-corrected chi connectivity index (χ3v) is 4.44. The second-order valence-electron chi connectivity index (χ2n) is 5.38.